The number of nitrogens with zero attached hydrogens (tertiary/aromatic N) is 6. The molecule has 0 saturated heterocycles. The zero-order valence-corrected chi connectivity index (χ0v) is 13.8. The van der Waals surface area contributed by atoms with Crippen LogP contribution >= 0.6 is 0 Å². The molecule has 0 unspecified atom stereocenters. The standard InChI is InChI=1S/C18H15N7/c1-24-10-12(8-21-24)13-5-6-19-18-17(13)14(9-20-18)11-3-4-15-16(7-11)25(2)23-22-15/h3-10H,1-2H3,(H,19,20). The van der Waals surface area contributed by atoms with Gasteiger partial charge in [0.15, 0.2) is 0 Å². The third-order valence-corrected chi connectivity index (χ3v) is 4.51. The van der Waals surface area contributed by atoms with E-state index in [0.29, 0.717) is 0 Å². The van der Waals surface area contributed by atoms with Gasteiger partial charge in [0, 0.05) is 49.2 Å². The molecule has 0 radical (unpaired) electrons. The molecule has 0 saturated carbocycles. The SMILES string of the molecule is Cn1cc(-c2ccnc3[nH]cc(-c4ccc5nnn(C)c5c4)c23)cn1. The van der Waals surface area contributed by atoms with E-state index < -0.39 is 0 Å². The Morgan fingerprint density at radius 1 is 1.04 bits per heavy atom. The van der Waals surface area contributed by atoms with Gasteiger partial charge in [-0.3, -0.25) is 4.68 Å². The predicted molar refractivity (Wildman–Crippen MR) is 95.8 cm³/mol. The number of hydrogen-bond donors (Lipinski definition) is 1. The Morgan fingerprint density at radius 2 is 1.96 bits per heavy atom. The van der Waals surface area contributed by atoms with Crippen molar-refractivity contribution in [1.29, 1.82) is 0 Å². The van der Waals surface area contributed by atoms with Gasteiger partial charge in [-0.25, -0.2) is 9.67 Å². The van der Waals surface area contributed by atoms with Gasteiger partial charge < -0.3 is 4.98 Å². The van der Waals surface area contributed by atoms with E-state index >= 15 is 0 Å². The summed E-state index contributed by atoms with van der Waals surface area (Å²) in [5, 5.41) is 13.6. The Morgan fingerprint density at radius 3 is 2.80 bits per heavy atom. The van der Waals surface area contributed by atoms with Crippen LogP contribution in [-0.2, 0) is 14.1 Å². The van der Waals surface area contributed by atoms with Gasteiger partial charge in [0.05, 0.1) is 11.7 Å². The van der Waals surface area contributed by atoms with E-state index in [4.69, 9.17) is 0 Å². The maximum atomic E-state index is 4.48. The van der Waals surface area contributed by atoms with Gasteiger partial charge in [-0.2, -0.15) is 5.10 Å². The molecule has 0 aliphatic carbocycles. The van der Waals surface area contributed by atoms with Crippen LogP contribution in [-0.4, -0.2) is 34.7 Å². The van der Waals surface area contributed by atoms with Crippen molar-refractivity contribution in [2.75, 3.05) is 0 Å². The quantitative estimate of drug-likeness (QED) is 0.540. The van der Waals surface area contributed by atoms with Crippen LogP contribution in [0.25, 0.3) is 44.3 Å². The fraction of sp³-hybridized carbons (Fsp3) is 0.111. The molecule has 0 amide bonds. The number of pyridine rings is 1. The average Bonchev–Trinajstić information content (AvgIpc) is 3.33. The van der Waals surface area contributed by atoms with Crippen LogP contribution in [0.4, 0.5) is 0 Å². The second-order valence-corrected chi connectivity index (χ2v) is 6.10. The first-order valence-corrected chi connectivity index (χ1v) is 7.95. The van der Waals surface area contributed by atoms with Crippen molar-refractivity contribution in [3.8, 4) is 22.3 Å². The van der Waals surface area contributed by atoms with Gasteiger partial charge in [-0.15, -0.1) is 5.10 Å². The summed E-state index contributed by atoms with van der Waals surface area (Å²) in [4.78, 5) is 7.76. The molecule has 0 atom stereocenters. The van der Waals surface area contributed by atoms with E-state index in [0.717, 1.165) is 44.3 Å². The zero-order valence-electron chi connectivity index (χ0n) is 13.8. The summed E-state index contributed by atoms with van der Waals surface area (Å²) in [6, 6.07) is 8.20. The molecule has 0 fully saturated rings. The largest absolute Gasteiger partial charge is 0.345 e. The van der Waals surface area contributed by atoms with Crippen LogP contribution in [0.2, 0.25) is 0 Å². The van der Waals surface area contributed by atoms with Crippen LogP contribution in [0.5, 0.6) is 0 Å². The molecule has 5 aromatic rings. The smallest absolute Gasteiger partial charge is 0.138 e. The Hall–Kier alpha value is -3.48. The average molecular weight is 329 g/mol. The minimum atomic E-state index is 0.861. The third kappa shape index (κ3) is 2.06. The highest BCUT2D eigenvalue weighted by atomic mass is 15.4. The van der Waals surface area contributed by atoms with E-state index in [-0.39, 0.29) is 0 Å². The van der Waals surface area contributed by atoms with Crippen LogP contribution < -0.4 is 0 Å². The van der Waals surface area contributed by atoms with E-state index in [1.165, 1.54) is 0 Å². The fourth-order valence-electron chi connectivity index (χ4n) is 3.28. The number of rotatable bonds is 2. The topological polar surface area (TPSA) is 77.2 Å². The first-order chi connectivity index (χ1) is 12.2. The lowest BCUT2D eigenvalue weighted by Crippen LogP contribution is -1.89. The molecule has 5 rings (SSSR count). The monoisotopic (exact) mass is 329 g/mol. The van der Waals surface area contributed by atoms with Crippen molar-refractivity contribution >= 4 is 22.1 Å². The molecule has 7 heteroatoms. The molecular weight excluding hydrogens is 314 g/mol. The molecule has 0 aliphatic rings. The molecule has 7 nitrogen and oxygen atoms in total. The summed E-state index contributed by atoms with van der Waals surface area (Å²) in [5.41, 5.74) is 7.12. The van der Waals surface area contributed by atoms with Gasteiger partial charge in [-0.1, -0.05) is 11.3 Å². The summed E-state index contributed by atoms with van der Waals surface area (Å²) >= 11 is 0. The highest BCUT2D eigenvalue weighted by Crippen LogP contribution is 2.36. The third-order valence-electron chi connectivity index (χ3n) is 4.51. The summed E-state index contributed by atoms with van der Waals surface area (Å²) in [6.45, 7) is 0. The number of aryl methyl sites for hydroxylation is 2. The van der Waals surface area contributed by atoms with Gasteiger partial charge >= 0.3 is 0 Å². The minimum Gasteiger partial charge on any atom is -0.345 e. The van der Waals surface area contributed by atoms with E-state index in [1.807, 2.05) is 51.0 Å². The summed E-state index contributed by atoms with van der Waals surface area (Å²) in [5.74, 6) is 0. The lowest BCUT2D eigenvalue weighted by atomic mass is 9.99. The van der Waals surface area contributed by atoms with Crippen LogP contribution in [0.15, 0.2) is 49.1 Å². The second-order valence-electron chi connectivity index (χ2n) is 6.10. The Balaban J connectivity index is 1.79. The second kappa shape index (κ2) is 5.01. The Bertz CT molecular complexity index is 1220. The lowest BCUT2D eigenvalue weighted by molar-refractivity contribution is 0.736. The highest BCUT2D eigenvalue weighted by molar-refractivity contribution is 6.04. The predicted octanol–water partition coefficient (Wildman–Crippen LogP) is 2.91. The van der Waals surface area contributed by atoms with Crippen molar-refractivity contribution in [1.82, 2.24) is 34.7 Å². The molecule has 4 heterocycles. The molecule has 25 heavy (non-hydrogen) atoms. The van der Waals surface area contributed by atoms with E-state index in [2.05, 4.69) is 37.5 Å². The number of aromatic nitrogens is 7. The first-order valence-electron chi connectivity index (χ1n) is 7.95. The first kappa shape index (κ1) is 13.9. The molecule has 4 aromatic heterocycles. The Kier molecular flexibility index (Phi) is 2.79. The molecule has 122 valence electrons. The van der Waals surface area contributed by atoms with Crippen molar-refractivity contribution in [2.24, 2.45) is 14.1 Å². The summed E-state index contributed by atoms with van der Waals surface area (Å²) in [7, 11) is 3.82. The number of fused-ring (bicyclic) bond motifs is 2. The normalized spacial score (nSPS) is 11.6. The van der Waals surface area contributed by atoms with Crippen molar-refractivity contribution in [3.63, 3.8) is 0 Å². The number of benzene rings is 1. The Labute approximate surface area is 142 Å². The molecule has 0 aliphatic heterocycles. The van der Waals surface area contributed by atoms with E-state index in [1.54, 1.807) is 9.36 Å². The molecule has 1 N–H and O–H groups in total. The number of aromatic amines is 1. The number of nitrogens with one attached hydrogen (secondary N) is 1. The van der Waals surface area contributed by atoms with Gasteiger partial charge in [-0.05, 0) is 29.3 Å². The maximum Gasteiger partial charge on any atom is 0.138 e. The number of H-pyrrole nitrogens is 1. The van der Waals surface area contributed by atoms with Crippen LogP contribution in [0.1, 0.15) is 0 Å². The molecule has 0 bridgehead atoms. The summed E-state index contributed by atoms with van der Waals surface area (Å²) < 4.78 is 3.59. The van der Waals surface area contributed by atoms with Crippen LogP contribution in [0.3, 0.4) is 0 Å². The minimum absolute atomic E-state index is 0.861. The fourth-order valence-corrected chi connectivity index (χ4v) is 3.28. The van der Waals surface area contributed by atoms with Gasteiger partial charge in [0.1, 0.15) is 11.2 Å². The number of hydrogen-bond acceptors (Lipinski definition) is 4. The van der Waals surface area contributed by atoms with Gasteiger partial charge in [0.25, 0.3) is 0 Å². The highest BCUT2D eigenvalue weighted by Gasteiger charge is 2.15. The van der Waals surface area contributed by atoms with Crippen molar-refractivity contribution < 1.29 is 0 Å². The molecular formula is C18H15N7. The maximum absolute atomic E-state index is 4.48. The molecule has 0 spiro atoms. The summed E-state index contributed by atoms with van der Waals surface area (Å²) in [6.07, 6.45) is 7.71. The van der Waals surface area contributed by atoms with Crippen molar-refractivity contribution in [2.45, 2.75) is 0 Å². The molecule has 1 aromatic carbocycles. The van der Waals surface area contributed by atoms with Gasteiger partial charge in [0.2, 0.25) is 0 Å². The van der Waals surface area contributed by atoms with Crippen LogP contribution in [0, 0.1) is 0 Å². The lowest BCUT2D eigenvalue weighted by Gasteiger charge is -2.05. The van der Waals surface area contributed by atoms with E-state index in [9.17, 15) is 0 Å². The van der Waals surface area contributed by atoms with Crippen molar-refractivity contribution in [3.05, 3.63) is 49.1 Å². The zero-order chi connectivity index (χ0) is 17.0.